The van der Waals surface area contributed by atoms with Crippen LogP contribution in [0.15, 0.2) is 30.6 Å². The Labute approximate surface area is 122 Å². The molecule has 21 heavy (non-hydrogen) atoms. The van der Waals surface area contributed by atoms with E-state index in [0.29, 0.717) is 0 Å². The third-order valence-corrected chi connectivity index (χ3v) is 3.47. The standard InChI is InChI=1S/C17H17N3O/c1-3-6-13-12(4-2)16-14(9-15(13)21)19-17(20-16)11-7-5-8-18-10-11/h4-10,21H,3H2,1-2H3,(H,19,20)/b12-4+,13-6+. The van der Waals surface area contributed by atoms with E-state index < -0.39 is 0 Å². The van der Waals surface area contributed by atoms with Gasteiger partial charge in [-0.25, -0.2) is 4.98 Å². The molecule has 106 valence electrons. The van der Waals surface area contributed by atoms with E-state index in [1.165, 1.54) is 0 Å². The Bertz CT molecular complexity index is 895. The topological polar surface area (TPSA) is 61.8 Å². The Hall–Kier alpha value is -2.62. The molecule has 2 heterocycles. The number of H-pyrrole nitrogens is 1. The van der Waals surface area contributed by atoms with Crippen molar-refractivity contribution < 1.29 is 5.11 Å². The van der Waals surface area contributed by atoms with Crippen LogP contribution in [0.4, 0.5) is 0 Å². The number of phenolic OH excluding ortho intramolecular Hbond substituents is 1. The number of nitrogens with one attached hydrogen (secondary N) is 1. The molecule has 0 fully saturated rings. The Morgan fingerprint density at radius 1 is 1.33 bits per heavy atom. The van der Waals surface area contributed by atoms with Gasteiger partial charge in [0, 0.05) is 34.5 Å². The summed E-state index contributed by atoms with van der Waals surface area (Å²) in [5.74, 6) is 1.04. The first kappa shape index (κ1) is 13.4. The first-order chi connectivity index (χ1) is 10.2. The molecule has 0 atom stereocenters. The van der Waals surface area contributed by atoms with Crippen LogP contribution in [0.5, 0.6) is 5.75 Å². The summed E-state index contributed by atoms with van der Waals surface area (Å²) in [4.78, 5) is 12.0. The molecule has 0 spiro atoms. The number of hydrogen-bond acceptors (Lipinski definition) is 3. The van der Waals surface area contributed by atoms with Crippen molar-refractivity contribution >= 4 is 23.2 Å². The van der Waals surface area contributed by atoms with Crippen LogP contribution in [-0.2, 0) is 0 Å². The third-order valence-electron chi connectivity index (χ3n) is 3.47. The summed E-state index contributed by atoms with van der Waals surface area (Å²) in [5, 5.41) is 12.0. The first-order valence-electron chi connectivity index (χ1n) is 7.03. The number of imidazole rings is 1. The fourth-order valence-electron chi connectivity index (χ4n) is 2.53. The molecule has 0 unspecified atom stereocenters. The van der Waals surface area contributed by atoms with Gasteiger partial charge in [-0.2, -0.15) is 0 Å². The molecule has 0 amide bonds. The maximum Gasteiger partial charge on any atom is 0.140 e. The molecule has 0 aliphatic rings. The maximum atomic E-state index is 10.2. The second kappa shape index (κ2) is 5.40. The van der Waals surface area contributed by atoms with Gasteiger partial charge in [0.2, 0.25) is 0 Å². The number of aromatic nitrogens is 3. The van der Waals surface area contributed by atoms with Crippen LogP contribution in [0.25, 0.3) is 34.6 Å². The minimum Gasteiger partial charge on any atom is -0.507 e. The summed E-state index contributed by atoms with van der Waals surface area (Å²) in [6.07, 6.45) is 8.36. The van der Waals surface area contributed by atoms with Gasteiger partial charge in [0.25, 0.3) is 0 Å². The maximum absolute atomic E-state index is 10.2. The first-order valence-corrected chi connectivity index (χ1v) is 7.03. The SMILES string of the molecule is C/C=c1\c(=C/CC)c(O)cc2[nH]c(-c3cccnc3)nc12. The summed E-state index contributed by atoms with van der Waals surface area (Å²) in [7, 11) is 0. The van der Waals surface area contributed by atoms with Crippen molar-refractivity contribution in [3.05, 3.63) is 41.0 Å². The van der Waals surface area contributed by atoms with E-state index in [9.17, 15) is 5.11 Å². The van der Waals surface area contributed by atoms with E-state index >= 15 is 0 Å². The van der Waals surface area contributed by atoms with Gasteiger partial charge in [-0.15, -0.1) is 0 Å². The molecule has 0 bridgehead atoms. The summed E-state index contributed by atoms with van der Waals surface area (Å²) in [6, 6.07) is 5.57. The van der Waals surface area contributed by atoms with Crippen molar-refractivity contribution in [3.63, 3.8) is 0 Å². The second-order valence-corrected chi connectivity index (χ2v) is 4.85. The number of fused-ring (bicyclic) bond motifs is 1. The van der Waals surface area contributed by atoms with Gasteiger partial charge >= 0.3 is 0 Å². The number of pyridine rings is 1. The molecule has 4 heteroatoms. The van der Waals surface area contributed by atoms with Crippen molar-refractivity contribution in [2.45, 2.75) is 20.3 Å². The molecule has 4 nitrogen and oxygen atoms in total. The highest BCUT2D eigenvalue weighted by Crippen LogP contribution is 2.18. The van der Waals surface area contributed by atoms with E-state index in [4.69, 9.17) is 0 Å². The summed E-state index contributed by atoms with van der Waals surface area (Å²) < 4.78 is 0. The van der Waals surface area contributed by atoms with E-state index in [0.717, 1.165) is 39.3 Å². The van der Waals surface area contributed by atoms with Crippen molar-refractivity contribution in [2.24, 2.45) is 0 Å². The smallest absolute Gasteiger partial charge is 0.140 e. The number of hydrogen-bond donors (Lipinski definition) is 2. The van der Waals surface area contributed by atoms with Crippen molar-refractivity contribution in [2.75, 3.05) is 0 Å². The fraction of sp³-hybridized carbons (Fsp3) is 0.176. The third kappa shape index (κ3) is 2.29. The minimum atomic E-state index is 0.277. The molecule has 0 saturated heterocycles. The zero-order valence-corrected chi connectivity index (χ0v) is 12.1. The van der Waals surface area contributed by atoms with Gasteiger partial charge in [-0.05, 0) is 25.5 Å². The van der Waals surface area contributed by atoms with Crippen LogP contribution in [0, 0.1) is 0 Å². The normalized spacial score (nSPS) is 13.2. The molecule has 3 aromatic rings. The Kier molecular flexibility index (Phi) is 3.44. The largest absolute Gasteiger partial charge is 0.507 e. The summed E-state index contributed by atoms with van der Waals surface area (Å²) in [5.41, 5.74) is 2.62. The van der Waals surface area contributed by atoms with E-state index in [-0.39, 0.29) is 5.75 Å². The lowest BCUT2D eigenvalue weighted by molar-refractivity contribution is 0.471. The predicted molar refractivity (Wildman–Crippen MR) is 85.1 cm³/mol. The molecule has 3 rings (SSSR count). The van der Waals surface area contributed by atoms with E-state index in [1.54, 1.807) is 18.5 Å². The van der Waals surface area contributed by atoms with Gasteiger partial charge in [0.1, 0.15) is 11.6 Å². The van der Waals surface area contributed by atoms with Crippen molar-refractivity contribution in [1.29, 1.82) is 0 Å². The average molecular weight is 279 g/mol. The molecular weight excluding hydrogens is 262 g/mol. The lowest BCUT2D eigenvalue weighted by atomic mass is 10.1. The quantitative estimate of drug-likeness (QED) is 0.756. The molecular formula is C17H17N3O. The van der Waals surface area contributed by atoms with Crippen LogP contribution < -0.4 is 10.4 Å². The lowest BCUT2D eigenvalue weighted by Gasteiger charge is -1.97. The van der Waals surface area contributed by atoms with Crippen LogP contribution in [0.1, 0.15) is 20.3 Å². The Morgan fingerprint density at radius 3 is 2.86 bits per heavy atom. The average Bonchev–Trinajstić information content (AvgIpc) is 2.92. The molecule has 2 N–H and O–H groups in total. The second-order valence-electron chi connectivity index (χ2n) is 4.85. The number of aromatic hydroxyl groups is 1. The van der Waals surface area contributed by atoms with Crippen molar-refractivity contribution in [1.82, 2.24) is 15.0 Å². The molecule has 0 aliphatic heterocycles. The number of benzene rings is 1. The van der Waals surface area contributed by atoms with Crippen LogP contribution in [0.3, 0.4) is 0 Å². The van der Waals surface area contributed by atoms with Crippen LogP contribution >= 0.6 is 0 Å². The Balaban J connectivity index is 2.35. The number of phenols is 1. The van der Waals surface area contributed by atoms with E-state index in [2.05, 4.69) is 21.9 Å². The molecule has 0 radical (unpaired) electrons. The zero-order chi connectivity index (χ0) is 14.8. The number of aromatic amines is 1. The highest BCUT2D eigenvalue weighted by atomic mass is 16.3. The zero-order valence-electron chi connectivity index (χ0n) is 12.1. The van der Waals surface area contributed by atoms with Crippen LogP contribution in [0.2, 0.25) is 0 Å². The minimum absolute atomic E-state index is 0.277. The van der Waals surface area contributed by atoms with Gasteiger partial charge < -0.3 is 10.1 Å². The van der Waals surface area contributed by atoms with Crippen molar-refractivity contribution in [3.8, 4) is 17.1 Å². The van der Waals surface area contributed by atoms with Crippen LogP contribution in [-0.4, -0.2) is 20.1 Å². The fourth-order valence-corrected chi connectivity index (χ4v) is 2.53. The monoisotopic (exact) mass is 279 g/mol. The highest BCUT2D eigenvalue weighted by Gasteiger charge is 2.09. The molecule has 1 aromatic carbocycles. The lowest BCUT2D eigenvalue weighted by Crippen LogP contribution is -2.25. The Morgan fingerprint density at radius 2 is 2.19 bits per heavy atom. The molecule has 2 aromatic heterocycles. The predicted octanol–water partition coefficient (Wildman–Crippen LogP) is 2.32. The molecule has 0 saturated carbocycles. The van der Waals surface area contributed by atoms with Gasteiger partial charge in [-0.3, -0.25) is 4.98 Å². The number of rotatable bonds is 2. The van der Waals surface area contributed by atoms with E-state index in [1.807, 2.05) is 31.2 Å². The summed E-state index contributed by atoms with van der Waals surface area (Å²) >= 11 is 0. The molecule has 0 aliphatic carbocycles. The summed E-state index contributed by atoms with van der Waals surface area (Å²) in [6.45, 7) is 4.01. The van der Waals surface area contributed by atoms with Gasteiger partial charge in [-0.1, -0.05) is 19.1 Å². The highest BCUT2D eigenvalue weighted by molar-refractivity contribution is 5.82. The van der Waals surface area contributed by atoms with Gasteiger partial charge in [0.15, 0.2) is 0 Å². The number of nitrogens with zero attached hydrogens (tertiary/aromatic N) is 2. The van der Waals surface area contributed by atoms with Gasteiger partial charge in [0.05, 0.1) is 11.0 Å².